The van der Waals surface area contributed by atoms with E-state index in [4.69, 9.17) is 10.5 Å². The summed E-state index contributed by atoms with van der Waals surface area (Å²) < 4.78 is 6.71. The maximum atomic E-state index is 12.4. The van der Waals surface area contributed by atoms with Crippen LogP contribution in [0.5, 0.6) is 5.75 Å². The molecule has 2 rings (SSSR count). The van der Waals surface area contributed by atoms with E-state index in [0.717, 1.165) is 29.5 Å². The number of nitrogens with two attached hydrogens (primary N) is 1. The van der Waals surface area contributed by atoms with Crippen LogP contribution >= 0.6 is 28.3 Å². The van der Waals surface area contributed by atoms with Crippen LogP contribution in [0.3, 0.4) is 0 Å². The molecule has 1 saturated carbocycles. The average Bonchev–Trinajstić information content (AvgIpc) is 2.91. The number of carbonyl (C=O) groups is 1. The van der Waals surface area contributed by atoms with Crippen LogP contribution in [0.2, 0.25) is 0 Å². The Morgan fingerprint density at radius 3 is 2.59 bits per heavy atom. The third-order valence-corrected chi connectivity index (χ3v) is 4.49. The summed E-state index contributed by atoms with van der Waals surface area (Å²) in [5.41, 5.74) is 5.89. The van der Waals surface area contributed by atoms with Crippen molar-refractivity contribution >= 4 is 34.2 Å². The molecule has 124 valence electrons. The fourth-order valence-electron chi connectivity index (χ4n) is 2.73. The molecule has 2 N–H and O–H groups in total. The largest absolute Gasteiger partial charge is 0.492 e. The molecule has 0 bridgehead atoms. The summed E-state index contributed by atoms with van der Waals surface area (Å²) in [5.74, 6) is 1.15. The second-order valence-corrected chi connectivity index (χ2v) is 6.41. The lowest BCUT2D eigenvalue weighted by molar-refractivity contribution is -0.135. The van der Waals surface area contributed by atoms with Gasteiger partial charge in [-0.15, -0.1) is 12.4 Å². The monoisotopic (exact) mass is 390 g/mol. The number of rotatable bonds is 6. The Kier molecular flexibility index (Phi) is 8.21. The predicted octanol–water partition coefficient (Wildman–Crippen LogP) is 3.23. The minimum atomic E-state index is 0. The Hall–Kier alpha value is -0.780. The lowest BCUT2D eigenvalue weighted by Crippen LogP contribution is -2.38. The number of halogens is 2. The lowest BCUT2D eigenvalue weighted by Gasteiger charge is -2.24. The molecular formula is C16H24BrClN2O2. The Labute approximate surface area is 146 Å². The zero-order valence-corrected chi connectivity index (χ0v) is 15.2. The maximum absolute atomic E-state index is 12.4. The van der Waals surface area contributed by atoms with E-state index in [0.29, 0.717) is 19.7 Å². The van der Waals surface area contributed by atoms with Gasteiger partial charge in [0.05, 0.1) is 6.54 Å². The van der Waals surface area contributed by atoms with Crippen molar-refractivity contribution in [2.24, 2.45) is 11.7 Å². The van der Waals surface area contributed by atoms with Crippen LogP contribution in [0.4, 0.5) is 0 Å². The van der Waals surface area contributed by atoms with Crippen LogP contribution in [0.15, 0.2) is 28.7 Å². The smallest absolute Gasteiger partial charge is 0.225 e. The number of amides is 1. The van der Waals surface area contributed by atoms with Crippen molar-refractivity contribution in [1.82, 2.24) is 4.90 Å². The highest BCUT2D eigenvalue weighted by atomic mass is 79.9. The molecule has 1 aromatic rings. The zero-order valence-electron chi connectivity index (χ0n) is 12.8. The molecule has 1 fully saturated rings. The number of ether oxygens (including phenoxy) is 1. The van der Waals surface area contributed by atoms with Gasteiger partial charge in [0.1, 0.15) is 12.4 Å². The van der Waals surface area contributed by atoms with Crippen molar-refractivity contribution in [3.8, 4) is 5.75 Å². The molecule has 1 aliphatic carbocycles. The van der Waals surface area contributed by atoms with E-state index in [1.807, 2.05) is 36.1 Å². The second kappa shape index (κ2) is 9.38. The van der Waals surface area contributed by atoms with Gasteiger partial charge in [0.25, 0.3) is 0 Å². The highest BCUT2D eigenvalue weighted by Crippen LogP contribution is 2.26. The van der Waals surface area contributed by atoms with Crippen LogP contribution in [0, 0.1) is 5.92 Å². The molecule has 0 spiro atoms. The molecule has 0 aliphatic heterocycles. The number of nitrogens with zero attached hydrogens (tertiary/aromatic N) is 1. The first-order chi connectivity index (χ1) is 10.1. The summed E-state index contributed by atoms with van der Waals surface area (Å²) in [5, 5.41) is 0. The van der Waals surface area contributed by atoms with E-state index < -0.39 is 0 Å². The third-order valence-electron chi connectivity index (χ3n) is 3.96. The summed E-state index contributed by atoms with van der Waals surface area (Å²) in [6.45, 7) is 3.86. The van der Waals surface area contributed by atoms with Crippen LogP contribution in [0.1, 0.15) is 26.2 Å². The molecule has 22 heavy (non-hydrogen) atoms. The number of benzene rings is 1. The standard InChI is InChI=1S/C16H23BrN2O2.ClH/c1-2-19(16(20)12-3-6-14(18)11-12)9-10-21-15-7-4-13(17)5-8-15;/h4-5,7-8,12,14H,2-3,6,9-11,18H2,1H3;1H. The zero-order chi connectivity index (χ0) is 15.2. The van der Waals surface area contributed by atoms with Gasteiger partial charge in [0.15, 0.2) is 0 Å². The van der Waals surface area contributed by atoms with Crippen LogP contribution in [0.25, 0.3) is 0 Å². The van der Waals surface area contributed by atoms with Gasteiger partial charge in [-0.2, -0.15) is 0 Å². The van der Waals surface area contributed by atoms with Crippen LogP contribution in [-0.2, 0) is 4.79 Å². The number of likely N-dealkylation sites (N-methyl/N-ethyl adjacent to an activating group) is 1. The van der Waals surface area contributed by atoms with Gasteiger partial charge in [0, 0.05) is 23.0 Å². The quantitative estimate of drug-likeness (QED) is 0.810. The summed E-state index contributed by atoms with van der Waals surface area (Å²) in [7, 11) is 0. The number of hydrogen-bond donors (Lipinski definition) is 1. The summed E-state index contributed by atoms with van der Waals surface area (Å²) in [4.78, 5) is 14.3. The van der Waals surface area contributed by atoms with Gasteiger partial charge >= 0.3 is 0 Å². The fraction of sp³-hybridized carbons (Fsp3) is 0.562. The molecular weight excluding hydrogens is 368 g/mol. The molecule has 2 unspecified atom stereocenters. The average molecular weight is 392 g/mol. The lowest BCUT2D eigenvalue weighted by atomic mass is 10.1. The molecule has 0 saturated heterocycles. The Morgan fingerprint density at radius 1 is 1.36 bits per heavy atom. The van der Waals surface area contributed by atoms with Gasteiger partial charge in [-0.05, 0) is 50.5 Å². The maximum Gasteiger partial charge on any atom is 0.225 e. The van der Waals surface area contributed by atoms with Gasteiger partial charge in [-0.25, -0.2) is 0 Å². The molecule has 4 nitrogen and oxygen atoms in total. The normalized spacial score (nSPS) is 20.3. The van der Waals surface area contributed by atoms with Gasteiger partial charge in [-0.1, -0.05) is 15.9 Å². The first-order valence-corrected chi connectivity index (χ1v) is 8.32. The predicted molar refractivity (Wildman–Crippen MR) is 94.5 cm³/mol. The highest BCUT2D eigenvalue weighted by Gasteiger charge is 2.30. The molecule has 1 aromatic carbocycles. The summed E-state index contributed by atoms with van der Waals surface area (Å²) in [6.07, 6.45) is 2.70. The molecule has 0 aromatic heterocycles. The first-order valence-electron chi connectivity index (χ1n) is 7.53. The number of carbonyl (C=O) groups excluding carboxylic acids is 1. The van der Waals surface area contributed by atoms with Gasteiger partial charge in [-0.3, -0.25) is 4.79 Å². The molecule has 1 aliphatic rings. The van der Waals surface area contributed by atoms with E-state index >= 15 is 0 Å². The van der Waals surface area contributed by atoms with E-state index in [1.54, 1.807) is 0 Å². The van der Waals surface area contributed by atoms with Crippen LogP contribution in [-0.4, -0.2) is 36.5 Å². The van der Waals surface area contributed by atoms with Crippen molar-refractivity contribution in [1.29, 1.82) is 0 Å². The van der Waals surface area contributed by atoms with Crippen molar-refractivity contribution < 1.29 is 9.53 Å². The van der Waals surface area contributed by atoms with Gasteiger partial charge < -0.3 is 15.4 Å². The van der Waals surface area contributed by atoms with Crippen molar-refractivity contribution in [2.45, 2.75) is 32.2 Å². The first kappa shape index (κ1) is 19.3. The molecule has 0 radical (unpaired) electrons. The Morgan fingerprint density at radius 2 is 2.05 bits per heavy atom. The Balaban J connectivity index is 0.00000242. The molecule has 6 heteroatoms. The minimum absolute atomic E-state index is 0. The highest BCUT2D eigenvalue weighted by molar-refractivity contribution is 9.10. The summed E-state index contributed by atoms with van der Waals surface area (Å²) >= 11 is 3.39. The molecule has 0 heterocycles. The van der Waals surface area contributed by atoms with Gasteiger partial charge in [0.2, 0.25) is 5.91 Å². The Bertz CT molecular complexity index is 470. The fourth-order valence-corrected chi connectivity index (χ4v) is 2.99. The van der Waals surface area contributed by atoms with E-state index in [2.05, 4.69) is 15.9 Å². The van der Waals surface area contributed by atoms with Crippen molar-refractivity contribution in [2.75, 3.05) is 19.7 Å². The summed E-state index contributed by atoms with van der Waals surface area (Å²) in [6, 6.07) is 7.91. The molecule has 2 atom stereocenters. The van der Waals surface area contributed by atoms with Crippen molar-refractivity contribution in [3.05, 3.63) is 28.7 Å². The van der Waals surface area contributed by atoms with Crippen LogP contribution < -0.4 is 10.5 Å². The second-order valence-electron chi connectivity index (χ2n) is 5.49. The van der Waals surface area contributed by atoms with E-state index in [1.165, 1.54) is 0 Å². The van der Waals surface area contributed by atoms with Crippen molar-refractivity contribution in [3.63, 3.8) is 0 Å². The minimum Gasteiger partial charge on any atom is -0.492 e. The number of hydrogen-bond acceptors (Lipinski definition) is 3. The molecule has 1 amide bonds. The van der Waals surface area contributed by atoms with E-state index in [-0.39, 0.29) is 30.3 Å². The van der Waals surface area contributed by atoms with E-state index in [9.17, 15) is 4.79 Å². The topological polar surface area (TPSA) is 55.6 Å². The SMILES string of the molecule is CCN(CCOc1ccc(Br)cc1)C(=O)C1CCC(N)C1.Cl. The third kappa shape index (κ3) is 5.45.